The lowest BCUT2D eigenvalue weighted by Gasteiger charge is -2.37. The molecule has 17 heavy (non-hydrogen) atoms. The third kappa shape index (κ3) is 2.16. The van der Waals surface area contributed by atoms with Gasteiger partial charge in [0, 0.05) is 23.6 Å². The van der Waals surface area contributed by atoms with E-state index in [0.717, 1.165) is 30.6 Å². The van der Waals surface area contributed by atoms with Crippen LogP contribution in [0, 0.1) is 0 Å². The van der Waals surface area contributed by atoms with Crippen molar-refractivity contribution in [3.63, 3.8) is 0 Å². The maximum Gasteiger partial charge on any atom is 0.121 e. The summed E-state index contributed by atoms with van der Waals surface area (Å²) >= 11 is 5.44. The van der Waals surface area contributed by atoms with Crippen molar-refractivity contribution in [3.8, 4) is 0 Å². The van der Waals surface area contributed by atoms with Gasteiger partial charge >= 0.3 is 0 Å². The highest BCUT2D eigenvalue weighted by atomic mass is 32.2. The molecule has 2 rings (SSSR count). The molecule has 0 spiro atoms. The molecule has 1 aromatic carbocycles. The molecule has 2 nitrogen and oxygen atoms in total. The molecule has 0 radical (unpaired) electrons. The Hall–Kier alpha value is -0.740. The molecule has 1 N–H and O–H groups in total. The van der Waals surface area contributed by atoms with Crippen LogP contribution < -0.4 is 5.32 Å². The van der Waals surface area contributed by atoms with Gasteiger partial charge in [0.25, 0.3) is 0 Å². The van der Waals surface area contributed by atoms with E-state index >= 15 is 0 Å². The van der Waals surface area contributed by atoms with Crippen molar-refractivity contribution in [2.45, 2.75) is 24.0 Å². The van der Waals surface area contributed by atoms with Crippen molar-refractivity contribution in [3.05, 3.63) is 35.9 Å². The maximum atomic E-state index is 12.5. The van der Waals surface area contributed by atoms with Gasteiger partial charge in [-0.3, -0.25) is 4.21 Å². The van der Waals surface area contributed by atoms with Crippen LogP contribution in [0.4, 0.5) is 0 Å². The number of rotatable bonds is 2. The second-order valence-corrected chi connectivity index (χ2v) is 6.48. The molecule has 1 saturated heterocycles. The first-order valence-electron chi connectivity index (χ1n) is 5.88. The van der Waals surface area contributed by atoms with E-state index in [1.807, 2.05) is 37.4 Å². The van der Waals surface area contributed by atoms with Crippen LogP contribution in [-0.4, -0.2) is 22.0 Å². The summed E-state index contributed by atoms with van der Waals surface area (Å²) in [5.74, 6) is 0.747. The minimum absolute atomic E-state index is 0.469. The topological polar surface area (TPSA) is 29.1 Å². The Morgan fingerprint density at radius 1 is 1.35 bits per heavy atom. The van der Waals surface area contributed by atoms with Crippen LogP contribution in [0.5, 0.6) is 0 Å². The zero-order chi connectivity index (χ0) is 12.3. The molecule has 0 bridgehead atoms. The van der Waals surface area contributed by atoms with Gasteiger partial charge in [-0.15, -0.1) is 0 Å². The number of likely N-dealkylation sites (N-methyl/N-ethyl adjacent to an activating group) is 1. The lowest BCUT2D eigenvalue weighted by Crippen LogP contribution is -2.47. The minimum atomic E-state index is -0.921. The van der Waals surface area contributed by atoms with Gasteiger partial charge in [0.2, 0.25) is 0 Å². The SMILES string of the molecule is CNC(=S)[C@]1(c2ccccc2)CCCCS1=O. The summed E-state index contributed by atoms with van der Waals surface area (Å²) in [5, 5.41) is 3.04. The molecular formula is C13H17NOS2. The molecule has 0 saturated carbocycles. The third-order valence-electron chi connectivity index (χ3n) is 3.33. The van der Waals surface area contributed by atoms with Crippen molar-refractivity contribution in [1.29, 1.82) is 0 Å². The summed E-state index contributed by atoms with van der Waals surface area (Å²) < 4.78 is 12.0. The van der Waals surface area contributed by atoms with Crippen LogP contribution in [0.2, 0.25) is 0 Å². The van der Waals surface area contributed by atoms with Crippen LogP contribution >= 0.6 is 12.2 Å². The predicted octanol–water partition coefficient (Wildman–Crippen LogP) is 2.36. The lowest BCUT2D eigenvalue weighted by molar-refractivity contribution is 0.574. The average Bonchev–Trinajstić information content (AvgIpc) is 2.39. The second kappa shape index (κ2) is 5.27. The summed E-state index contributed by atoms with van der Waals surface area (Å²) in [6, 6.07) is 10.0. The highest BCUT2D eigenvalue weighted by Crippen LogP contribution is 2.38. The van der Waals surface area contributed by atoms with Crippen LogP contribution in [0.25, 0.3) is 0 Å². The first-order valence-corrected chi connectivity index (χ1v) is 7.61. The van der Waals surface area contributed by atoms with Crippen molar-refractivity contribution < 1.29 is 4.21 Å². The van der Waals surface area contributed by atoms with Gasteiger partial charge in [0.1, 0.15) is 4.75 Å². The smallest absolute Gasteiger partial charge is 0.121 e. The van der Waals surface area contributed by atoms with Gasteiger partial charge < -0.3 is 5.32 Å². The van der Waals surface area contributed by atoms with Crippen molar-refractivity contribution in [2.24, 2.45) is 0 Å². The van der Waals surface area contributed by atoms with Crippen molar-refractivity contribution in [2.75, 3.05) is 12.8 Å². The Bertz CT molecular complexity index is 422. The molecule has 2 atom stereocenters. The normalized spacial score (nSPS) is 28.6. The van der Waals surface area contributed by atoms with E-state index in [1.54, 1.807) is 0 Å². The van der Waals surface area contributed by atoms with E-state index in [1.165, 1.54) is 0 Å². The lowest BCUT2D eigenvalue weighted by atomic mass is 9.91. The highest BCUT2D eigenvalue weighted by molar-refractivity contribution is 7.90. The zero-order valence-corrected chi connectivity index (χ0v) is 11.6. The van der Waals surface area contributed by atoms with Gasteiger partial charge in [0.05, 0.1) is 4.99 Å². The van der Waals surface area contributed by atoms with Crippen LogP contribution in [-0.2, 0) is 15.5 Å². The molecule has 1 unspecified atom stereocenters. The molecular weight excluding hydrogens is 250 g/mol. The van der Waals surface area contributed by atoms with Crippen molar-refractivity contribution >= 4 is 28.0 Å². The first-order chi connectivity index (χ1) is 8.21. The van der Waals surface area contributed by atoms with Gasteiger partial charge in [-0.1, -0.05) is 49.0 Å². The van der Waals surface area contributed by atoms with Gasteiger partial charge in [-0.2, -0.15) is 0 Å². The van der Waals surface area contributed by atoms with E-state index in [0.29, 0.717) is 4.99 Å². The predicted molar refractivity (Wildman–Crippen MR) is 76.6 cm³/mol. The fourth-order valence-corrected chi connectivity index (χ4v) is 4.82. The molecule has 1 fully saturated rings. The average molecular weight is 267 g/mol. The summed E-state index contributed by atoms with van der Waals surface area (Å²) in [6.07, 6.45) is 3.00. The molecule has 4 heteroatoms. The van der Waals surface area contributed by atoms with Gasteiger partial charge in [-0.05, 0) is 18.4 Å². The first kappa shape index (κ1) is 12.7. The molecule has 0 aliphatic carbocycles. The number of hydrogen-bond donors (Lipinski definition) is 1. The molecule has 92 valence electrons. The highest BCUT2D eigenvalue weighted by Gasteiger charge is 2.43. The molecule has 1 aromatic rings. The number of nitrogens with one attached hydrogen (secondary N) is 1. The molecule has 0 aromatic heterocycles. The fraction of sp³-hybridized carbons (Fsp3) is 0.462. The third-order valence-corrected chi connectivity index (χ3v) is 6.09. The summed E-state index contributed by atoms with van der Waals surface area (Å²) in [5.41, 5.74) is 1.08. The quantitative estimate of drug-likeness (QED) is 0.834. The Balaban J connectivity index is 2.50. The molecule has 1 aliphatic rings. The zero-order valence-electron chi connectivity index (χ0n) is 9.94. The molecule has 1 aliphatic heterocycles. The molecule has 1 heterocycles. The summed E-state index contributed by atoms with van der Waals surface area (Å²) in [4.78, 5) is 0.710. The summed E-state index contributed by atoms with van der Waals surface area (Å²) in [6.45, 7) is 0. The fourth-order valence-electron chi connectivity index (χ4n) is 2.43. The number of hydrogen-bond acceptors (Lipinski definition) is 2. The second-order valence-electron chi connectivity index (χ2n) is 4.28. The Kier molecular flexibility index (Phi) is 3.94. The largest absolute Gasteiger partial charge is 0.381 e. The van der Waals surface area contributed by atoms with E-state index in [-0.39, 0.29) is 0 Å². The minimum Gasteiger partial charge on any atom is -0.381 e. The van der Waals surface area contributed by atoms with Gasteiger partial charge in [-0.25, -0.2) is 0 Å². The van der Waals surface area contributed by atoms with E-state index < -0.39 is 15.5 Å². The van der Waals surface area contributed by atoms with Gasteiger partial charge in [0.15, 0.2) is 0 Å². The Morgan fingerprint density at radius 3 is 2.65 bits per heavy atom. The van der Waals surface area contributed by atoms with Crippen molar-refractivity contribution in [1.82, 2.24) is 5.32 Å². The monoisotopic (exact) mass is 267 g/mol. The van der Waals surface area contributed by atoms with E-state index in [4.69, 9.17) is 12.2 Å². The number of benzene rings is 1. The van der Waals surface area contributed by atoms with E-state index in [9.17, 15) is 4.21 Å². The summed E-state index contributed by atoms with van der Waals surface area (Å²) in [7, 11) is 0.897. The number of thiocarbonyl (C=S) groups is 1. The van der Waals surface area contributed by atoms with Crippen LogP contribution in [0.3, 0.4) is 0 Å². The van der Waals surface area contributed by atoms with Crippen LogP contribution in [0.1, 0.15) is 24.8 Å². The standard InChI is InChI=1S/C13H17NOS2/c1-14-12(16)13(9-5-6-10-17(13)15)11-7-3-2-4-8-11/h2-4,7-8H,5-6,9-10H2,1H3,(H,14,16)/t13-,17?/m1/s1. The Labute approximate surface area is 110 Å². The van der Waals surface area contributed by atoms with Crippen LogP contribution in [0.15, 0.2) is 30.3 Å². The Morgan fingerprint density at radius 2 is 2.06 bits per heavy atom. The maximum absolute atomic E-state index is 12.5. The molecule has 0 amide bonds. The van der Waals surface area contributed by atoms with E-state index in [2.05, 4.69) is 5.32 Å².